The lowest BCUT2D eigenvalue weighted by Crippen LogP contribution is -2.53. The topological polar surface area (TPSA) is 0 Å². The molecule has 0 aromatic carbocycles. The molecule has 0 heteroatoms. The van der Waals surface area contributed by atoms with Crippen LogP contribution in [0.25, 0.3) is 0 Å². The summed E-state index contributed by atoms with van der Waals surface area (Å²) in [7, 11) is 0. The van der Waals surface area contributed by atoms with Crippen LogP contribution in [-0.2, 0) is 0 Å². The van der Waals surface area contributed by atoms with Crippen molar-refractivity contribution in [2.75, 3.05) is 0 Å². The van der Waals surface area contributed by atoms with Gasteiger partial charge in [-0.2, -0.15) is 0 Å². The van der Waals surface area contributed by atoms with Gasteiger partial charge in [0.15, 0.2) is 0 Å². The molecule has 0 N–H and O–H groups in total. The van der Waals surface area contributed by atoms with Crippen LogP contribution in [-0.4, -0.2) is 0 Å². The Balaban J connectivity index is 1.80. The van der Waals surface area contributed by atoms with Gasteiger partial charge in [0.2, 0.25) is 0 Å². The van der Waals surface area contributed by atoms with Crippen LogP contribution in [0.3, 0.4) is 0 Å². The summed E-state index contributed by atoms with van der Waals surface area (Å²) in [6, 6.07) is 0. The third-order valence-corrected chi connectivity index (χ3v) is 8.67. The minimum absolute atomic E-state index is 0.358. The standard InChI is InChI=1S/C24H32/c1-6-7-18-15-19-14-16(2)10-12-24(19,5)21-11-13-23(4)17(3)8-9-20(23)22(18)21/h19-22H,1-3,8-15H2,4-5H3. The van der Waals surface area contributed by atoms with Crippen molar-refractivity contribution in [2.24, 2.45) is 34.5 Å². The molecular weight excluding hydrogens is 288 g/mol. The van der Waals surface area contributed by atoms with Gasteiger partial charge in [0, 0.05) is 0 Å². The van der Waals surface area contributed by atoms with Crippen LogP contribution in [0.15, 0.2) is 47.9 Å². The molecular formula is C24H32. The molecule has 0 bridgehead atoms. The molecule has 0 nitrogen and oxygen atoms in total. The molecule has 6 atom stereocenters. The van der Waals surface area contributed by atoms with Crippen molar-refractivity contribution in [1.29, 1.82) is 0 Å². The number of allylic oxidation sites excluding steroid dienone is 3. The van der Waals surface area contributed by atoms with Crippen molar-refractivity contribution in [3.8, 4) is 0 Å². The fourth-order valence-corrected chi connectivity index (χ4v) is 7.05. The summed E-state index contributed by atoms with van der Waals surface area (Å²) in [5.74, 6) is 3.02. The van der Waals surface area contributed by atoms with E-state index in [9.17, 15) is 0 Å². The lowest BCUT2D eigenvalue weighted by Gasteiger charge is -2.60. The second-order valence-electron chi connectivity index (χ2n) is 9.53. The normalized spacial score (nSPS) is 47.3. The van der Waals surface area contributed by atoms with E-state index in [0.717, 1.165) is 17.8 Å². The molecule has 0 saturated heterocycles. The van der Waals surface area contributed by atoms with E-state index in [1.54, 1.807) is 0 Å². The summed E-state index contributed by atoms with van der Waals surface area (Å²) in [6.45, 7) is 17.7. The summed E-state index contributed by atoms with van der Waals surface area (Å²) < 4.78 is 0. The van der Waals surface area contributed by atoms with E-state index in [-0.39, 0.29) is 0 Å². The first-order valence-electron chi connectivity index (χ1n) is 9.89. The van der Waals surface area contributed by atoms with Gasteiger partial charge in [-0.1, -0.05) is 49.6 Å². The van der Waals surface area contributed by atoms with Crippen LogP contribution in [0.4, 0.5) is 0 Å². The molecule has 4 aliphatic rings. The first-order chi connectivity index (χ1) is 11.4. The summed E-state index contributed by atoms with van der Waals surface area (Å²) in [4.78, 5) is 0. The van der Waals surface area contributed by atoms with Gasteiger partial charge < -0.3 is 0 Å². The van der Waals surface area contributed by atoms with E-state index in [1.165, 1.54) is 68.1 Å². The van der Waals surface area contributed by atoms with Gasteiger partial charge in [0.1, 0.15) is 0 Å². The molecule has 4 saturated carbocycles. The van der Waals surface area contributed by atoms with Crippen molar-refractivity contribution in [1.82, 2.24) is 0 Å². The lowest BCUT2D eigenvalue weighted by atomic mass is 9.44. The third kappa shape index (κ3) is 2.06. The highest BCUT2D eigenvalue weighted by molar-refractivity contribution is 5.29. The van der Waals surface area contributed by atoms with E-state index in [2.05, 4.69) is 45.0 Å². The lowest BCUT2D eigenvalue weighted by molar-refractivity contribution is -0.0626. The predicted molar refractivity (Wildman–Crippen MR) is 102 cm³/mol. The molecule has 6 unspecified atom stereocenters. The molecule has 0 aromatic heterocycles. The highest BCUT2D eigenvalue weighted by atomic mass is 14.6. The number of fused-ring (bicyclic) bond motifs is 5. The minimum atomic E-state index is 0.358. The van der Waals surface area contributed by atoms with Crippen molar-refractivity contribution in [2.45, 2.75) is 65.2 Å². The average Bonchev–Trinajstić information content (AvgIpc) is 2.85. The van der Waals surface area contributed by atoms with E-state index in [0.29, 0.717) is 16.7 Å². The third-order valence-electron chi connectivity index (χ3n) is 8.67. The zero-order valence-electron chi connectivity index (χ0n) is 15.6. The summed E-state index contributed by atoms with van der Waals surface area (Å²) in [5, 5.41) is 0. The number of hydrogen-bond donors (Lipinski definition) is 0. The van der Waals surface area contributed by atoms with Gasteiger partial charge in [-0.05, 0) is 98.0 Å². The smallest absolute Gasteiger partial charge is 0.00502 e. The molecule has 4 rings (SSSR count). The number of rotatable bonds is 0. The van der Waals surface area contributed by atoms with Crippen LogP contribution in [0, 0.1) is 34.5 Å². The van der Waals surface area contributed by atoms with Gasteiger partial charge in [0.05, 0.1) is 0 Å². The van der Waals surface area contributed by atoms with Gasteiger partial charge in [-0.15, -0.1) is 0 Å². The maximum atomic E-state index is 4.46. The maximum absolute atomic E-state index is 4.46. The molecule has 0 aliphatic heterocycles. The van der Waals surface area contributed by atoms with Gasteiger partial charge in [-0.3, -0.25) is 0 Å². The van der Waals surface area contributed by atoms with Crippen molar-refractivity contribution in [3.05, 3.63) is 47.9 Å². The van der Waals surface area contributed by atoms with Crippen molar-refractivity contribution < 1.29 is 0 Å². The van der Waals surface area contributed by atoms with Crippen molar-refractivity contribution >= 4 is 0 Å². The van der Waals surface area contributed by atoms with Crippen LogP contribution >= 0.6 is 0 Å². The van der Waals surface area contributed by atoms with E-state index in [1.807, 2.05) is 0 Å². The minimum Gasteiger partial charge on any atom is -0.0999 e. The highest BCUT2D eigenvalue weighted by Gasteiger charge is 2.59. The zero-order valence-corrected chi connectivity index (χ0v) is 15.6. The maximum Gasteiger partial charge on any atom is -0.00502 e. The second-order valence-corrected chi connectivity index (χ2v) is 9.53. The molecule has 4 fully saturated rings. The van der Waals surface area contributed by atoms with Gasteiger partial charge >= 0.3 is 0 Å². The summed E-state index contributed by atoms with van der Waals surface area (Å²) >= 11 is 0. The molecule has 0 amide bonds. The Bertz CT molecular complexity index is 681. The SMILES string of the molecule is C=C=C=C1CC2CC(=C)CCC2(C)C2CCC3(C)C(=C)CCC3C12. The van der Waals surface area contributed by atoms with E-state index < -0.39 is 0 Å². The second kappa shape index (κ2) is 5.39. The van der Waals surface area contributed by atoms with E-state index >= 15 is 0 Å². The molecule has 0 aromatic rings. The molecule has 4 aliphatic carbocycles. The van der Waals surface area contributed by atoms with Gasteiger partial charge in [0.25, 0.3) is 0 Å². The number of hydrogen-bond acceptors (Lipinski definition) is 0. The molecule has 0 spiro atoms. The monoisotopic (exact) mass is 320 g/mol. The Labute approximate surface area is 148 Å². The fraction of sp³-hybridized carbons (Fsp3) is 0.667. The summed E-state index contributed by atoms with van der Waals surface area (Å²) in [5.41, 5.74) is 11.9. The van der Waals surface area contributed by atoms with Crippen LogP contribution < -0.4 is 0 Å². The van der Waals surface area contributed by atoms with Crippen LogP contribution in [0.5, 0.6) is 0 Å². The predicted octanol–water partition coefficient (Wildman–Crippen LogP) is 6.62. The fourth-order valence-electron chi connectivity index (χ4n) is 7.05. The average molecular weight is 321 g/mol. The van der Waals surface area contributed by atoms with Crippen molar-refractivity contribution in [3.63, 3.8) is 0 Å². The quantitative estimate of drug-likeness (QED) is 0.347. The Morgan fingerprint density at radius 2 is 1.79 bits per heavy atom. The molecule has 0 radical (unpaired) electrons. The van der Waals surface area contributed by atoms with E-state index in [4.69, 9.17) is 0 Å². The zero-order chi connectivity index (χ0) is 17.1. The molecule has 24 heavy (non-hydrogen) atoms. The Hall–Kier alpha value is -1.22. The van der Waals surface area contributed by atoms with Crippen LogP contribution in [0.1, 0.15) is 65.2 Å². The van der Waals surface area contributed by atoms with Gasteiger partial charge in [-0.25, -0.2) is 0 Å². The Morgan fingerprint density at radius 3 is 2.54 bits per heavy atom. The largest absolute Gasteiger partial charge is 0.0999 e. The Morgan fingerprint density at radius 1 is 1.00 bits per heavy atom. The van der Waals surface area contributed by atoms with Crippen LogP contribution in [0.2, 0.25) is 0 Å². The highest BCUT2D eigenvalue weighted by Crippen LogP contribution is 2.68. The molecule has 0 heterocycles. The summed E-state index contributed by atoms with van der Waals surface area (Å²) in [6.07, 6.45) is 10.2. The first-order valence-corrected chi connectivity index (χ1v) is 9.89. The Kier molecular flexibility index (Phi) is 3.65. The first kappa shape index (κ1) is 16.3. The molecule has 128 valence electrons.